The van der Waals surface area contributed by atoms with Crippen molar-refractivity contribution in [1.29, 1.82) is 0 Å². The number of nitrogens with zero attached hydrogens (tertiary/aromatic N) is 5. The van der Waals surface area contributed by atoms with Crippen molar-refractivity contribution in [2.75, 3.05) is 5.32 Å². The maximum Gasteiger partial charge on any atom is 0.248 e. The van der Waals surface area contributed by atoms with Gasteiger partial charge in [-0.1, -0.05) is 12.1 Å². The molecule has 138 valence electrons. The van der Waals surface area contributed by atoms with Gasteiger partial charge in [0, 0.05) is 41.8 Å². The van der Waals surface area contributed by atoms with Gasteiger partial charge in [-0.25, -0.2) is 4.68 Å². The predicted molar refractivity (Wildman–Crippen MR) is 104 cm³/mol. The molecule has 7 nitrogen and oxygen atoms in total. The standard InChI is InChI=1S/C20H22N6O/c1-13-11-15(14(2)26(13)18-8-9-18)7-10-19(27)21-17-6-4-5-16(12-17)20-22-23-24-25(20)3/h4-7,10-12,18H,8-9H2,1-3H3,(H,21,27). The van der Waals surface area contributed by atoms with E-state index in [1.807, 2.05) is 30.3 Å². The first-order chi connectivity index (χ1) is 13.0. The summed E-state index contributed by atoms with van der Waals surface area (Å²) in [5.74, 6) is 0.480. The molecule has 1 fully saturated rings. The lowest BCUT2D eigenvalue weighted by atomic mass is 10.2. The molecule has 0 unspecified atom stereocenters. The average Bonchev–Trinajstić information content (AvgIpc) is 3.31. The van der Waals surface area contributed by atoms with Crippen molar-refractivity contribution >= 4 is 17.7 Å². The van der Waals surface area contributed by atoms with E-state index in [9.17, 15) is 4.79 Å². The van der Waals surface area contributed by atoms with Crippen LogP contribution < -0.4 is 5.32 Å². The molecule has 1 aliphatic rings. The first-order valence-corrected chi connectivity index (χ1v) is 9.03. The highest BCUT2D eigenvalue weighted by atomic mass is 16.1. The maximum atomic E-state index is 12.3. The lowest BCUT2D eigenvalue weighted by Gasteiger charge is -2.06. The average molecular weight is 362 g/mol. The van der Waals surface area contributed by atoms with Gasteiger partial charge in [0.15, 0.2) is 5.82 Å². The van der Waals surface area contributed by atoms with Crippen molar-refractivity contribution in [3.05, 3.63) is 53.4 Å². The number of amides is 1. The summed E-state index contributed by atoms with van der Waals surface area (Å²) < 4.78 is 3.96. The summed E-state index contributed by atoms with van der Waals surface area (Å²) in [6.07, 6.45) is 5.96. The lowest BCUT2D eigenvalue weighted by molar-refractivity contribution is -0.111. The fraction of sp³-hybridized carbons (Fsp3) is 0.300. The van der Waals surface area contributed by atoms with E-state index in [0.29, 0.717) is 17.6 Å². The Bertz CT molecular complexity index is 1030. The Morgan fingerprint density at radius 3 is 2.78 bits per heavy atom. The minimum absolute atomic E-state index is 0.167. The molecule has 4 rings (SSSR count). The minimum Gasteiger partial charge on any atom is -0.346 e. The number of hydrogen-bond acceptors (Lipinski definition) is 4. The second-order valence-corrected chi connectivity index (χ2v) is 6.96. The van der Waals surface area contributed by atoms with Crippen molar-refractivity contribution < 1.29 is 4.79 Å². The van der Waals surface area contributed by atoms with Crippen LogP contribution in [0.25, 0.3) is 17.5 Å². The number of rotatable bonds is 5. The smallest absolute Gasteiger partial charge is 0.248 e. The number of carbonyl (C=O) groups excluding carboxylic acids is 1. The third-order valence-corrected chi connectivity index (χ3v) is 4.86. The predicted octanol–water partition coefficient (Wildman–Crippen LogP) is 3.28. The number of aromatic nitrogens is 5. The van der Waals surface area contributed by atoms with Crippen LogP contribution in [0.1, 0.15) is 35.8 Å². The molecule has 0 bridgehead atoms. The second kappa shape index (κ2) is 6.83. The Labute approximate surface area is 157 Å². The van der Waals surface area contributed by atoms with Gasteiger partial charge < -0.3 is 9.88 Å². The summed E-state index contributed by atoms with van der Waals surface area (Å²) in [7, 11) is 1.78. The summed E-state index contributed by atoms with van der Waals surface area (Å²) >= 11 is 0. The summed E-state index contributed by atoms with van der Waals surface area (Å²) in [4.78, 5) is 12.3. The molecule has 1 aromatic carbocycles. The third-order valence-electron chi connectivity index (χ3n) is 4.86. The van der Waals surface area contributed by atoms with Crippen molar-refractivity contribution in [1.82, 2.24) is 24.8 Å². The van der Waals surface area contributed by atoms with Crippen LogP contribution in [-0.4, -0.2) is 30.7 Å². The normalized spacial score (nSPS) is 14.0. The molecule has 3 aromatic rings. The fourth-order valence-corrected chi connectivity index (χ4v) is 3.43. The van der Waals surface area contributed by atoms with E-state index in [0.717, 1.165) is 11.1 Å². The van der Waals surface area contributed by atoms with E-state index in [1.165, 1.54) is 24.2 Å². The molecule has 2 heterocycles. The van der Waals surface area contributed by atoms with Crippen LogP contribution in [0.4, 0.5) is 5.69 Å². The lowest BCUT2D eigenvalue weighted by Crippen LogP contribution is -2.08. The molecule has 0 saturated heterocycles. The first-order valence-electron chi connectivity index (χ1n) is 9.03. The summed E-state index contributed by atoms with van der Waals surface area (Å²) in [5.41, 5.74) is 5.11. The zero-order valence-electron chi connectivity index (χ0n) is 15.7. The quantitative estimate of drug-likeness (QED) is 0.707. The molecule has 2 aromatic heterocycles. The molecule has 0 aliphatic heterocycles. The van der Waals surface area contributed by atoms with E-state index in [1.54, 1.807) is 17.8 Å². The number of aryl methyl sites for hydroxylation is 2. The molecule has 1 N–H and O–H groups in total. The molecule has 0 atom stereocenters. The number of anilines is 1. The summed E-state index contributed by atoms with van der Waals surface area (Å²) in [6, 6.07) is 10.3. The molecule has 1 aliphatic carbocycles. The van der Waals surface area contributed by atoms with Gasteiger partial charge in [0.05, 0.1) is 0 Å². The molecule has 1 saturated carbocycles. The highest BCUT2D eigenvalue weighted by molar-refractivity contribution is 6.02. The molecule has 27 heavy (non-hydrogen) atoms. The van der Waals surface area contributed by atoms with E-state index >= 15 is 0 Å². The molecular formula is C20H22N6O. The number of hydrogen-bond donors (Lipinski definition) is 1. The Balaban J connectivity index is 1.48. The number of benzene rings is 1. The zero-order valence-corrected chi connectivity index (χ0v) is 15.7. The van der Waals surface area contributed by atoms with Crippen LogP contribution in [0.5, 0.6) is 0 Å². The van der Waals surface area contributed by atoms with E-state index in [-0.39, 0.29) is 5.91 Å². The van der Waals surface area contributed by atoms with Gasteiger partial charge in [0.25, 0.3) is 0 Å². The van der Waals surface area contributed by atoms with Crippen LogP contribution in [-0.2, 0) is 11.8 Å². The van der Waals surface area contributed by atoms with Gasteiger partial charge in [-0.2, -0.15) is 0 Å². The molecule has 7 heteroatoms. The van der Waals surface area contributed by atoms with Crippen LogP contribution in [0.3, 0.4) is 0 Å². The SMILES string of the molecule is Cc1cc(C=CC(=O)Nc2cccc(-c3nnnn3C)c2)c(C)n1C1CC1. The van der Waals surface area contributed by atoms with Gasteiger partial charge >= 0.3 is 0 Å². The Morgan fingerprint density at radius 1 is 1.26 bits per heavy atom. The molecule has 1 amide bonds. The monoisotopic (exact) mass is 362 g/mol. The Kier molecular flexibility index (Phi) is 4.35. The third kappa shape index (κ3) is 3.53. The minimum atomic E-state index is -0.167. The van der Waals surface area contributed by atoms with E-state index in [4.69, 9.17) is 0 Å². The maximum absolute atomic E-state index is 12.3. The fourth-order valence-electron chi connectivity index (χ4n) is 3.43. The molecule has 0 radical (unpaired) electrons. The van der Waals surface area contributed by atoms with Crippen LogP contribution in [0, 0.1) is 13.8 Å². The highest BCUT2D eigenvalue weighted by Gasteiger charge is 2.26. The number of nitrogens with one attached hydrogen (secondary N) is 1. The van der Waals surface area contributed by atoms with Crippen LogP contribution in [0.2, 0.25) is 0 Å². The number of carbonyl (C=O) groups is 1. The van der Waals surface area contributed by atoms with Gasteiger partial charge in [0.1, 0.15) is 0 Å². The van der Waals surface area contributed by atoms with Gasteiger partial charge in [-0.15, -0.1) is 5.10 Å². The summed E-state index contributed by atoms with van der Waals surface area (Å²) in [6.45, 7) is 4.23. The zero-order chi connectivity index (χ0) is 19.0. The van der Waals surface area contributed by atoms with Gasteiger partial charge in [-0.05, 0) is 67.0 Å². The van der Waals surface area contributed by atoms with Crippen molar-refractivity contribution in [2.24, 2.45) is 7.05 Å². The molecule has 0 spiro atoms. The summed E-state index contributed by atoms with van der Waals surface area (Å²) in [5, 5.41) is 14.4. The van der Waals surface area contributed by atoms with Gasteiger partial charge in [0.2, 0.25) is 5.91 Å². The van der Waals surface area contributed by atoms with Crippen LogP contribution in [0.15, 0.2) is 36.4 Å². The largest absolute Gasteiger partial charge is 0.346 e. The second-order valence-electron chi connectivity index (χ2n) is 6.96. The number of tetrazole rings is 1. The van der Waals surface area contributed by atoms with Crippen molar-refractivity contribution in [3.8, 4) is 11.4 Å². The van der Waals surface area contributed by atoms with Crippen molar-refractivity contribution in [3.63, 3.8) is 0 Å². The Hall–Kier alpha value is -3.22. The highest BCUT2D eigenvalue weighted by Crippen LogP contribution is 2.38. The topological polar surface area (TPSA) is 77.6 Å². The van der Waals surface area contributed by atoms with E-state index in [2.05, 4.69) is 45.3 Å². The van der Waals surface area contributed by atoms with Crippen molar-refractivity contribution in [2.45, 2.75) is 32.7 Å². The molecular weight excluding hydrogens is 340 g/mol. The van der Waals surface area contributed by atoms with E-state index < -0.39 is 0 Å². The Morgan fingerprint density at radius 2 is 2.07 bits per heavy atom. The van der Waals surface area contributed by atoms with Gasteiger partial charge in [-0.3, -0.25) is 4.79 Å². The van der Waals surface area contributed by atoms with Crippen LogP contribution >= 0.6 is 0 Å². The first kappa shape index (κ1) is 17.2.